The van der Waals surface area contributed by atoms with Gasteiger partial charge < -0.3 is 135 Å². The lowest BCUT2D eigenvalue weighted by atomic mass is 9.99. The molecule has 0 fully saturated rings. The van der Waals surface area contributed by atoms with Crippen molar-refractivity contribution in [3.05, 3.63) is 59.7 Å². The van der Waals surface area contributed by atoms with Crippen LogP contribution >= 0.6 is 25.3 Å². The summed E-state index contributed by atoms with van der Waals surface area (Å²) in [7, 11) is 0. The lowest BCUT2D eigenvalue weighted by Crippen LogP contribution is -2.63. The van der Waals surface area contributed by atoms with Gasteiger partial charge in [0.1, 0.15) is 78.0 Å². The van der Waals surface area contributed by atoms with Crippen molar-refractivity contribution in [2.45, 2.75) is 188 Å². The Balaban J connectivity index is 2.39. The molecule has 0 aliphatic carbocycles. The number of phenols is 2. The van der Waals surface area contributed by atoms with Crippen LogP contribution in [0.5, 0.6) is 11.5 Å². The number of carboxylic acids is 1. The summed E-state index contributed by atoms with van der Waals surface area (Å²) in [5.74, 6) is -14.8. The average Bonchev–Trinajstić information content (AvgIpc) is 0.835. The zero-order valence-corrected chi connectivity index (χ0v) is 61.1. The summed E-state index contributed by atoms with van der Waals surface area (Å²) in [6.45, 7) is 3.29. The van der Waals surface area contributed by atoms with Crippen molar-refractivity contribution in [1.82, 2.24) is 69.1 Å². The highest BCUT2D eigenvalue weighted by molar-refractivity contribution is 7.81. The van der Waals surface area contributed by atoms with Gasteiger partial charge in [0, 0.05) is 30.0 Å². The number of hydrogen-bond donors (Lipinski definition) is 28. The van der Waals surface area contributed by atoms with Gasteiger partial charge in [-0.05, 0) is 153 Å². The second-order valence-electron chi connectivity index (χ2n) is 25.3. The molecule has 34 N–H and O–H groups in total. The molecule has 42 heteroatoms. The zero-order valence-electron chi connectivity index (χ0n) is 59.3. The van der Waals surface area contributed by atoms with E-state index in [9.17, 15) is 87.5 Å². The van der Waals surface area contributed by atoms with E-state index in [0.29, 0.717) is 17.5 Å². The number of primary amides is 2. The van der Waals surface area contributed by atoms with Crippen molar-refractivity contribution < 1.29 is 87.5 Å². The van der Waals surface area contributed by atoms with E-state index in [1.807, 2.05) is 0 Å². The van der Waals surface area contributed by atoms with Crippen LogP contribution in [0.2, 0.25) is 0 Å². The Labute approximate surface area is 623 Å². The fourth-order valence-corrected chi connectivity index (χ4v) is 10.6. The average molecular weight is 1540 g/mol. The van der Waals surface area contributed by atoms with Gasteiger partial charge in [-0.1, -0.05) is 24.3 Å². The molecule has 0 heterocycles. The number of aromatic hydroxyl groups is 2. The highest BCUT2D eigenvalue weighted by Crippen LogP contribution is 2.20. The number of carbonyl (C=O) groups is 14. The first-order valence-corrected chi connectivity index (χ1v) is 35.1. The summed E-state index contributed by atoms with van der Waals surface area (Å²) in [6.07, 6.45) is -3.76. The van der Waals surface area contributed by atoms with Crippen LogP contribution < -0.4 is 115 Å². The molecule has 2 aromatic rings. The molecular weight excluding hydrogens is 1430 g/mol. The molecule has 0 aromatic heterocycles. The number of hydrogen-bond acceptors (Lipinski definition) is 25. The SMILES string of the molecule is C[C@@H](O)[C@H](NC(=O)[C@H](CCN)NC(=O)[C@H](CCCNC(=N)N)NC(=O)[C@H](CC(N)=O)NC(=O)[C@@H](NC(=O)[C@@H](N)Cc1ccc(O)cc1)C(C)(C)S)C(=O)N[C@H](CCN)C(=O)N[C@@H](CCCCN)C(=O)N[C@@H](CS)C(=O)N[C@@H](CCN)C(=O)N[C@@H](CCCNC(N)=O)C(=O)N[C@@H](Cc1ccc(O)cc1)C(=O)O. The highest BCUT2D eigenvalue weighted by atomic mass is 32.1. The van der Waals surface area contributed by atoms with Gasteiger partial charge in [-0.25, -0.2) is 9.59 Å². The van der Waals surface area contributed by atoms with Crippen molar-refractivity contribution in [2.75, 3.05) is 45.0 Å². The number of nitrogens with one attached hydrogen (secondary N) is 14. The third-order valence-electron chi connectivity index (χ3n) is 16.0. The molecule has 0 bridgehead atoms. The first-order valence-electron chi connectivity index (χ1n) is 34.0. The molecule has 106 heavy (non-hydrogen) atoms. The maximum atomic E-state index is 14.3. The van der Waals surface area contributed by atoms with Crippen molar-refractivity contribution in [1.29, 1.82) is 5.41 Å². The largest absolute Gasteiger partial charge is 0.508 e. The molecule has 40 nitrogen and oxygen atoms in total. The summed E-state index contributed by atoms with van der Waals surface area (Å²) >= 11 is 8.73. The molecular formula is C64H106N22O18S2. The van der Waals surface area contributed by atoms with Crippen LogP contribution in [0.25, 0.3) is 0 Å². The maximum Gasteiger partial charge on any atom is 0.326 e. The number of carbonyl (C=O) groups excluding carboxylic acids is 13. The van der Waals surface area contributed by atoms with Gasteiger partial charge >= 0.3 is 12.0 Å². The van der Waals surface area contributed by atoms with Gasteiger partial charge in [0.05, 0.1) is 18.6 Å². The molecule has 0 unspecified atom stereocenters. The van der Waals surface area contributed by atoms with E-state index < -0.39 is 184 Å². The van der Waals surface area contributed by atoms with Crippen LogP contribution in [0.4, 0.5) is 4.79 Å². The number of amides is 14. The van der Waals surface area contributed by atoms with Gasteiger partial charge in [0.15, 0.2) is 5.96 Å². The van der Waals surface area contributed by atoms with E-state index in [2.05, 4.69) is 94.4 Å². The second kappa shape index (κ2) is 47.6. The summed E-state index contributed by atoms with van der Waals surface area (Å²) in [5, 5.41) is 79.6. The summed E-state index contributed by atoms with van der Waals surface area (Å²) in [6, 6.07) is -8.38. The third-order valence-corrected chi connectivity index (χ3v) is 16.6. The Kier molecular flexibility index (Phi) is 41.4. The predicted octanol–water partition coefficient (Wildman–Crippen LogP) is -8.59. The fourth-order valence-electron chi connectivity index (χ4n) is 10.2. The zero-order chi connectivity index (χ0) is 80.0. The lowest BCUT2D eigenvalue weighted by molar-refractivity contribution is -0.142. The summed E-state index contributed by atoms with van der Waals surface area (Å²) in [4.78, 5) is 190. The van der Waals surface area contributed by atoms with Gasteiger partial charge in [-0.2, -0.15) is 25.3 Å². The van der Waals surface area contributed by atoms with Crippen LogP contribution in [0.15, 0.2) is 48.5 Å². The number of unbranched alkanes of at least 4 members (excludes halogenated alkanes) is 1. The lowest BCUT2D eigenvalue weighted by Gasteiger charge is -2.32. The summed E-state index contributed by atoms with van der Waals surface area (Å²) < 4.78 is -1.36. The van der Waals surface area contributed by atoms with E-state index in [1.54, 1.807) is 0 Å². The number of aliphatic hydroxyl groups is 1. The molecule has 14 amide bonds. The number of aliphatic carboxylic acids is 1. The number of aliphatic hydroxyl groups excluding tert-OH is 1. The quantitative estimate of drug-likeness (QED) is 0.0127. The van der Waals surface area contributed by atoms with E-state index in [0.717, 1.165) is 6.92 Å². The number of benzene rings is 2. The topological polar surface area (TPSA) is 708 Å². The fraction of sp³-hybridized carbons (Fsp3) is 0.578. The molecule has 0 saturated carbocycles. The Morgan fingerprint density at radius 1 is 0.453 bits per heavy atom. The number of urea groups is 1. The standard InChI is InChI=1S/C64H106N22O18S2/c1-32(87)48(85-56(97)43(21-25-68)79-51(92)39(9-6-26-74-62(71)72)78-57(98)44(30-47(70)90)82-60(101)49(64(2,3)106)86-50(91)37(69)28-33-11-15-35(88)16-12-33)59(100)81-42(20-24-67)55(96)76-38(8-4-5-22-65)53(94)84-46(31-105)58(99)80-41(19-23-66)54(95)77-40(10-7-27-75-63(73)104)52(93)83-45(61(102)103)29-34-13-17-36(89)18-14-34/h11-18,32,37-46,48-49,87-89,105-106H,4-10,19-31,65-69H2,1-3H3,(H2,70,90)(H,76,96)(H,77,95)(H,78,98)(H,79,92)(H,80,99)(H,81,100)(H,82,101)(H,83,93)(H,84,94)(H,85,97)(H,86,91)(H,102,103)(H4,71,72,74)(H3,73,75,104)/t32-,37+,38+,39+,40+,41+,42-,43+,44+,45+,46+,48+,49-/m1/s1. The second-order valence-corrected chi connectivity index (χ2v) is 26.9. The molecule has 0 aliphatic rings. The Morgan fingerprint density at radius 3 is 1.19 bits per heavy atom. The van der Waals surface area contributed by atoms with Crippen LogP contribution in [-0.4, -0.2) is 238 Å². The van der Waals surface area contributed by atoms with E-state index in [-0.39, 0.29) is 121 Å². The Hall–Kier alpha value is -9.85. The van der Waals surface area contributed by atoms with E-state index >= 15 is 0 Å². The van der Waals surface area contributed by atoms with Gasteiger partial charge in [-0.3, -0.25) is 62.9 Å². The smallest absolute Gasteiger partial charge is 0.326 e. The maximum absolute atomic E-state index is 14.3. The van der Waals surface area contributed by atoms with Crippen LogP contribution in [0.1, 0.15) is 103 Å². The number of carboxylic acid groups (broad SMARTS) is 1. The van der Waals surface area contributed by atoms with E-state index in [4.69, 9.17) is 51.3 Å². The number of nitrogens with two attached hydrogens (primary N) is 8. The van der Waals surface area contributed by atoms with Crippen LogP contribution in [0.3, 0.4) is 0 Å². The third kappa shape index (κ3) is 34.4. The van der Waals surface area contributed by atoms with Crippen molar-refractivity contribution in [3.63, 3.8) is 0 Å². The van der Waals surface area contributed by atoms with Gasteiger partial charge in [0.25, 0.3) is 0 Å². The van der Waals surface area contributed by atoms with Crippen molar-refractivity contribution in [2.24, 2.45) is 45.9 Å². The minimum absolute atomic E-state index is 0.000346. The monoisotopic (exact) mass is 1530 g/mol. The molecule has 0 spiro atoms. The van der Waals surface area contributed by atoms with Gasteiger partial charge in [-0.15, -0.1) is 0 Å². The molecule has 0 saturated heterocycles. The van der Waals surface area contributed by atoms with Crippen molar-refractivity contribution >= 4 is 114 Å². The number of phenolic OH excluding ortho intramolecular Hbond substituents is 2. The van der Waals surface area contributed by atoms with Gasteiger partial charge in [0.2, 0.25) is 70.9 Å². The number of rotatable bonds is 50. The van der Waals surface area contributed by atoms with Crippen LogP contribution in [0, 0.1) is 5.41 Å². The minimum Gasteiger partial charge on any atom is -0.508 e. The highest BCUT2D eigenvalue weighted by Gasteiger charge is 2.40. The summed E-state index contributed by atoms with van der Waals surface area (Å²) in [5.41, 5.74) is 46.6. The van der Waals surface area contributed by atoms with Crippen LogP contribution in [-0.2, 0) is 75.2 Å². The molecule has 2 aromatic carbocycles. The first-order chi connectivity index (χ1) is 49.9. The normalized spacial score (nSPS) is 14.9. The Morgan fingerprint density at radius 2 is 0.811 bits per heavy atom. The minimum atomic E-state index is -1.90. The first kappa shape index (κ1) is 92.2. The molecule has 592 valence electrons. The molecule has 0 radical (unpaired) electrons. The number of guanidine groups is 1. The molecule has 13 atom stereocenters. The number of thiol groups is 2. The molecule has 0 aliphatic heterocycles. The van der Waals surface area contributed by atoms with E-state index in [1.165, 1.54) is 62.4 Å². The predicted molar refractivity (Wildman–Crippen MR) is 393 cm³/mol. The van der Waals surface area contributed by atoms with Crippen molar-refractivity contribution in [3.8, 4) is 11.5 Å². The molecule has 2 rings (SSSR count). The Bertz CT molecular complexity index is 3280.